The Morgan fingerprint density at radius 1 is 1.24 bits per heavy atom. The van der Waals surface area contributed by atoms with Gasteiger partial charge >= 0.3 is 12.3 Å². The number of ether oxygens (including phenoxy) is 1. The monoisotopic (exact) mass is 357 g/mol. The van der Waals surface area contributed by atoms with E-state index >= 15 is 0 Å². The molecule has 0 spiro atoms. The Hall–Kier alpha value is -2.65. The van der Waals surface area contributed by atoms with Crippen LogP contribution in [0.4, 0.5) is 23.7 Å². The van der Waals surface area contributed by atoms with Crippen LogP contribution in [0.3, 0.4) is 0 Å². The maximum atomic E-state index is 13.4. The van der Waals surface area contributed by atoms with Gasteiger partial charge in [-0.1, -0.05) is 0 Å². The second kappa shape index (κ2) is 6.69. The summed E-state index contributed by atoms with van der Waals surface area (Å²) in [5, 5.41) is 3.56. The van der Waals surface area contributed by atoms with Crippen molar-refractivity contribution in [2.24, 2.45) is 0 Å². The van der Waals surface area contributed by atoms with Crippen molar-refractivity contribution in [3.63, 3.8) is 0 Å². The van der Waals surface area contributed by atoms with E-state index in [4.69, 9.17) is 4.74 Å². The second-order valence-corrected chi connectivity index (χ2v) is 6.13. The normalized spacial score (nSPS) is 12.1. The minimum atomic E-state index is -4.74. The van der Waals surface area contributed by atoms with E-state index in [9.17, 15) is 18.0 Å². The van der Waals surface area contributed by atoms with Crippen molar-refractivity contribution in [2.75, 3.05) is 11.4 Å². The van der Waals surface area contributed by atoms with Gasteiger partial charge in [0.25, 0.3) is 0 Å². The Balaban J connectivity index is 2.50. The first-order chi connectivity index (χ1) is 11.5. The van der Waals surface area contributed by atoms with Crippen LogP contribution in [0, 0.1) is 0 Å². The zero-order chi connectivity index (χ0) is 18.8. The molecule has 2 aromatic rings. The summed E-state index contributed by atoms with van der Waals surface area (Å²) < 4.78 is 46.3. The van der Waals surface area contributed by atoms with Gasteiger partial charge in [-0.2, -0.15) is 18.3 Å². The highest BCUT2D eigenvalue weighted by molar-refractivity contribution is 5.88. The van der Waals surface area contributed by atoms with Crippen molar-refractivity contribution >= 4 is 11.8 Å². The van der Waals surface area contributed by atoms with Crippen molar-refractivity contribution in [1.82, 2.24) is 19.7 Å². The van der Waals surface area contributed by atoms with Crippen molar-refractivity contribution in [1.29, 1.82) is 0 Å². The molecule has 10 heteroatoms. The molecule has 0 aromatic carbocycles. The predicted molar refractivity (Wildman–Crippen MR) is 83.4 cm³/mol. The lowest BCUT2D eigenvalue weighted by molar-refractivity contribution is -0.140. The molecular weight excluding hydrogens is 339 g/mol. The van der Waals surface area contributed by atoms with Crippen LogP contribution in [0.1, 0.15) is 33.4 Å². The number of hydrogen-bond donors (Lipinski definition) is 0. The van der Waals surface area contributed by atoms with Gasteiger partial charge in [-0.05, 0) is 27.7 Å². The first-order valence-electron chi connectivity index (χ1n) is 7.45. The number of anilines is 1. The molecule has 0 radical (unpaired) electrons. The molecule has 0 saturated heterocycles. The number of rotatable bonds is 3. The summed E-state index contributed by atoms with van der Waals surface area (Å²) in [6.45, 7) is 6.43. The minimum Gasteiger partial charge on any atom is -0.443 e. The topological polar surface area (TPSA) is 73.1 Å². The Morgan fingerprint density at radius 2 is 1.84 bits per heavy atom. The molecule has 0 aliphatic heterocycles. The molecule has 7 nitrogen and oxygen atoms in total. The largest absolute Gasteiger partial charge is 0.443 e. The van der Waals surface area contributed by atoms with E-state index in [1.807, 2.05) is 0 Å². The first kappa shape index (κ1) is 18.7. The van der Waals surface area contributed by atoms with Crippen LogP contribution in [-0.2, 0) is 10.9 Å². The van der Waals surface area contributed by atoms with Gasteiger partial charge in [0.2, 0.25) is 0 Å². The third-order valence-electron chi connectivity index (χ3n) is 3.00. The quantitative estimate of drug-likeness (QED) is 0.841. The number of alkyl halides is 3. The molecular formula is C15H18F3N5O2. The van der Waals surface area contributed by atoms with Crippen LogP contribution in [0.5, 0.6) is 0 Å². The third kappa shape index (κ3) is 4.46. The van der Waals surface area contributed by atoms with E-state index < -0.39 is 29.3 Å². The summed E-state index contributed by atoms with van der Waals surface area (Å²) in [7, 11) is 0. The molecule has 2 aromatic heterocycles. The molecule has 136 valence electrons. The molecule has 2 rings (SSSR count). The van der Waals surface area contributed by atoms with E-state index in [0.29, 0.717) is 0 Å². The Kier molecular flexibility index (Phi) is 5.00. The van der Waals surface area contributed by atoms with Crippen molar-refractivity contribution in [3.8, 4) is 5.69 Å². The fourth-order valence-corrected chi connectivity index (χ4v) is 2.02. The highest BCUT2D eigenvalue weighted by Gasteiger charge is 2.40. The maximum absolute atomic E-state index is 13.4. The number of carbonyl (C=O) groups is 1. The molecule has 1 amide bonds. The summed E-state index contributed by atoms with van der Waals surface area (Å²) in [4.78, 5) is 20.7. The molecule has 0 bridgehead atoms. The lowest BCUT2D eigenvalue weighted by Gasteiger charge is -2.26. The first-order valence-corrected chi connectivity index (χ1v) is 7.45. The Labute approximate surface area is 142 Å². The highest BCUT2D eigenvalue weighted by Crippen LogP contribution is 2.36. The Bertz CT molecular complexity index is 738. The minimum absolute atomic E-state index is 0.0189. The summed E-state index contributed by atoms with van der Waals surface area (Å²) in [5.41, 5.74) is -2.19. The fourth-order valence-electron chi connectivity index (χ4n) is 2.02. The molecule has 0 fully saturated rings. The Morgan fingerprint density at radius 3 is 2.32 bits per heavy atom. The van der Waals surface area contributed by atoms with Crippen molar-refractivity contribution in [2.45, 2.75) is 39.5 Å². The smallest absolute Gasteiger partial charge is 0.437 e. The molecule has 25 heavy (non-hydrogen) atoms. The van der Waals surface area contributed by atoms with Crippen molar-refractivity contribution in [3.05, 3.63) is 30.6 Å². The van der Waals surface area contributed by atoms with E-state index in [1.165, 1.54) is 18.7 Å². The lowest BCUT2D eigenvalue weighted by atomic mass is 10.2. The van der Waals surface area contributed by atoms with Gasteiger partial charge in [0.05, 0.1) is 24.3 Å². The molecule has 0 aliphatic carbocycles. The van der Waals surface area contributed by atoms with E-state index in [2.05, 4.69) is 15.1 Å². The zero-order valence-electron chi connectivity index (χ0n) is 14.2. The number of hydrogen-bond acceptors (Lipinski definition) is 5. The van der Waals surface area contributed by atoms with Crippen LogP contribution < -0.4 is 4.90 Å². The highest BCUT2D eigenvalue weighted by atomic mass is 19.4. The molecule has 0 aliphatic rings. The molecule has 0 atom stereocenters. The summed E-state index contributed by atoms with van der Waals surface area (Å²) in [5.74, 6) is 0. The van der Waals surface area contributed by atoms with Crippen LogP contribution in [0.15, 0.2) is 24.9 Å². The molecule has 0 saturated carbocycles. The van der Waals surface area contributed by atoms with Crippen LogP contribution >= 0.6 is 0 Å². The van der Waals surface area contributed by atoms with Gasteiger partial charge < -0.3 is 4.74 Å². The number of amides is 1. The number of carbonyl (C=O) groups excluding carboxylic acids is 1. The summed E-state index contributed by atoms with van der Waals surface area (Å²) >= 11 is 0. The van der Waals surface area contributed by atoms with E-state index in [1.54, 1.807) is 27.7 Å². The van der Waals surface area contributed by atoms with Gasteiger partial charge in [-0.15, -0.1) is 0 Å². The van der Waals surface area contributed by atoms with Gasteiger partial charge in [-0.3, -0.25) is 4.90 Å². The van der Waals surface area contributed by atoms with Crippen molar-refractivity contribution < 1.29 is 22.7 Å². The third-order valence-corrected chi connectivity index (χ3v) is 3.00. The molecule has 0 unspecified atom stereocenters. The SMILES string of the molecule is CCN(C(=O)OC(C)(C)C)c1cn(-c2cncnc2)nc1C(F)(F)F. The van der Waals surface area contributed by atoms with Gasteiger partial charge in [0, 0.05) is 6.54 Å². The predicted octanol–water partition coefficient (Wildman–Crippen LogP) is 3.44. The number of halogens is 3. The van der Waals surface area contributed by atoms with Crippen LogP contribution in [0.25, 0.3) is 5.69 Å². The standard InChI is InChI=1S/C15H18F3N5O2/c1-5-22(13(24)25-14(2,3)4)11-8-23(10-6-19-9-20-7-10)21-12(11)15(16,17)18/h6-9H,5H2,1-4H3. The van der Waals surface area contributed by atoms with Gasteiger partial charge in [-0.25, -0.2) is 19.4 Å². The average Bonchev–Trinajstić information content (AvgIpc) is 2.92. The molecule has 0 N–H and O–H groups in total. The summed E-state index contributed by atoms with van der Waals surface area (Å²) in [6, 6.07) is 0. The van der Waals surface area contributed by atoms with Gasteiger partial charge in [0.1, 0.15) is 17.6 Å². The second-order valence-electron chi connectivity index (χ2n) is 6.13. The van der Waals surface area contributed by atoms with Gasteiger partial charge in [0.15, 0.2) is 5.69 Å². The molecule has 2 heterocycles. The maximum Gasteiger partial charge on any atom is 0.437 e. The van der Waals surface area contributed by atoms with Crippen LogP contribution in [0.2, 0.25) is 0 Å². The zero-order valence-corrected chi connectivity index (χ0v) is 14.2. The van der Waals surface area contributed by atoms with E-state index in [-0.39, 0.29) is 12.2 Å². The number of aromatic nitrogens is 4. The van der Waals surface area contributed by atoms with Crippen LogP contribution in [-0.4, -0.2) is 38.0 Å². The summed E-state index contributed by atoms with van der Waals surface area (Å²) in [6.07, 6.45) is -0.649. The number of nitrogens with zero attached hydrogens (tertiary/aromatic N) is 5. The van der Waals surface area contributed by atoms with E-state index in [0.717, 1.165) is 15.8 Å². The lowest BCUT2D eigenvalue weighted by Crippen LogP contribution is -2.37. The fraction of sp³-hybridized carbons (Fsp3) is 0.467. The average molecular weight is 357 g/mol.